The molecule has 0 N–H and O–H groups in total. The highest BCUT2D eigenvalue weighted by atomic mass is 16.5. The number of benzene rings is 1. The van der Waals surface area contributed by atoms with E-state index in [1.807, 2.05) is 6.20 Å². The monoisotopic (exact) mass is 340 g/mol. The number of morpholine rings is 1. The normalized spacial score (nSPS) is 22.5. The lowest BCUT2D eigenvalue weighted by atomic mass is 10.2. The molecule has 2 saturated heterocycles. The van der Waals surface area contributed by atoms with Crippen LogP contribution < -0.4 is 0 Å². The van der Waals surface area contributed by atoms with Gasteiger partial charge in [-0.05, 0) is 24.9 Å². The number of hydrogen-bond acceptors (Lipinski definition) is 4. The minimum atomic E-state index is 0.653. The Bertz CT molecular complexity index is 651. The maximum absolute atomic E-state index is 5.48. The summed E-state index contributed by atoms with van der Waals surface area (Å²) in [5.41, 5.74) is 1.33. The molecule has 5 nitrogen and oxygen atoms in total. The van der Waals surface area contributed by atoms with E-state index < -0.39 is 0 Å². The summed E-state index contributed by atoms with van der Waals surface area (Å²) in [5, 5.41) is 0. The van der Waals surface area contributed by atoms with Gasteiger partial charge in [-0.15, -0.1) is 0 Å². The van der Waals surface area contributed by atoms with Crippen molar-refractivity contribution in [3.8, 4) is 0 Å². The summed E-state index contributed by atoms with van der Waals surface area (Å²) in [4.78, 5) is 9.83. The first-order valence-corrected chi connectivity index (χ1v) is 9.46. The molecule has 2 fully saturated rings. The average Bonchev–Trinajstić information content (AvgIpc) is 3.27. The summed E-state index contributed by atoms with van der Waals surface area (Å²) in [5.74, 6) is 1.18. The lowest BCUT2D eigenvalue weighted by molar-refractivity contribution is 0.0259. The first kappa shape index (κ1) is 16.8. The Labute approximate surface area is 150 Å². The fourth-order valence-electron chi connectivity index (χ4n) is 3.99. The van der Waals surface area contributed by atoms with Gasteiger partial charge < -0.3 is 9.30 Å². The predicted octanol–water partition coefficient (Wildman–Crippen LogP) is 2.23. The number of imidazole rings is 1. The predicted molar refractivity (Wildman–Crippen MR) is 98.5 cm³/mol. The molecule has 1 aromatic heterocycles. The van der Waals surface area contributed by atoms with Crippen LogP contribution in [-0.4, -0.2) is 64.8 Å². The third-order valence-electron chi connectivity index (χ3n) is 5.41. The van der Waals surface area contributed by atoms with Crippen LogP contribution in [0.4, 0.5) is 0 Å². The van der Waals surface area contributed by atoms with Crippen LogP contribution >= 0.6 is 0 Å². The molecular weight excluding hydrogens is 312 g/mol. The second-order valence-electron chi connectivity index (χ2n) is 7.14. The first-order valence-electron chi connectivity index (χ1n) is 9.46. The topological polar surface area (TPSA) is 33.5 Å². The Morgan fingerprint density at radius 1 is 1.04 bits per heavy atom. The van der Waals surface area contributed by atoms with Gasteiger partial charge in [0.2, 0.25) is 0 Å². The summed E-state index contributed by atoms with van der Waals surface area (Å²) in [7, 11) is 0. The highest BCUT2D eigenvalue weighted by molar-refractivity contribution is 5.15. The molecule has 1 aromatic carbocycles. The molecule has 2 aliphatic heterocycles. The molecule has 2 aliphatic rings. The van der Waals surface area contributed by atoms with Gasteiger partial charge in [-0.3, -0.25) is 9.80 Å². The fraction of sp³-hybridized carbons (Fsp3) is 0.550. The molecule has 134 valence electrons. The first-order chi connectivity index (χ1) is 12.4. The van der Waals surface area contributed by atoms with Crippen molar-refractivity contribution in [2.75, 3.05) is 39.4 Å². The molecular formula is C20H28N4O. The van der Waals surface area contributed by atoms with Crippen LogP contribution in [0, 0.1) is 0 Å². The molecule has 1 atom stereocenters. The van der Waals surface area contributed by atoms with Gasteiger partial charge >= 0.3 is 0 Å². The van der Waals surface area contributed by atoms with Crippen molar-refractivity contribution in [2.45, 2.75) is 32.0 Å². The summed E-state index contributed by atoms with van der Waals surface area (Å²) in [6.07, 6.45) is 6.64. The summed E-state index contributed by atoms with van der Waals surface area (Å²) < 4.78 is 7.77. The largest absolute Gasteiger partial charge is 0.379 e. The van der Waals surface area contributed by atoms with Crippen molar-refractivity contribution in [3.05, 3.63) is 54.1 Å². The van der Waals surface area contributed by atoms with Crippen LogP contribution in [-0.2, 0) is 17.8 Å². The van der Waals surface area contributed by atoms with Crippen LogP contribution in [0.25, 0.3) is 0 Å². The van der Waals surface area contributed by atoms with Crippen LogP contribution in [0.2, 0.25) is 0 Å². The quantitative estimate of drug-likeness (QED) is 0.807. The van der Waals surface area contributed by atoms with Crippen molar-refractivity contribution >= 4 is 0 Å². The SMILES string of the molecule is c1ccc(Cn2ccnc2CN2CCC[C@H]2CN2CCOCC2)cc1. The summed E-state index contributed by atoms with van der Waals surface area (Å²) in [6.45, 7) is 8.13. The lowest BCUT2D eigenvalue weighted by Crippen LogP contribution is -2.45. The molecule has 5 heteroatoms. The van der Waals surface area contributed by atoms with Crippen molar-refractivity contribution in [1.82, 2.24) is 19.4 Å². The minimum Gasteiger partial charge on any atom is -0.379 e. The highest BCUT2D eigenvalue weighted by Gasteiger charge is 2.28. The Kier molecular flexibility index (Phi) is 5.45. The third kappa shape index (κ3) is 4.29. The zero-order valence-corrected chi connectivity index (χ0v) is 14.9. The molecule has 0 saturated carbocycles. The van der Waals surface area contributed by atoms with Crippen molar-refractivity contribution in [3.63, 3.8) is 0 Å². The molecule has 3 heterocycles. The molecule has 4 rings (SSSR count). The molecule has 2 aromatic rings. The van der Waals surface area contributed by atoms with E-state index in [1.54, 1.807) is 0 Å². The molecule has 0 unspecified atom stereocenters. The van der Waals surface area contributed by atoms with Crippen LogP contribution in [0.3, 0.4) is 0 Å². The molecule has 0 bridgehead atoms. The third-order valence-corrected chi connectivity index (χ3v) is 5.41. The molecule has 0 aliphatic carbocycles. The Hall–Kier alpha value is -1.69. The Morgan fingerprint density at radius 3 is 2.72 bits per heavy atom. The second kappa shape index (κ2) is 8.13. The molecule has 25 heavy (non-hydrogen) atoms. The molecule has 0 spiro atoms. The summed E-state index contributed by atoms with van der Waals surface area (Å²) >= 11 is 0. The van der Waals surface area contributed by atoms with Crippen LogP contribution in [0.5, 0.6) is 0 Å². The zero-order chi connectivity index (χ0) is 16.9. The summed E-state index contributed by atoms with van der Waals surface area (Å²) in [6, 6.07) is 11.3. The van der Waals surface area contributed by atoms with E-state index in [0.717, 1.165) is 39.4 Å². The number of likely N-dealkylation sites (tertiary alicyclic amines) is 1. The van der Waals surface area contributed by atoms with Gasteiger partial charge in [0.25, 0.3) is 0 Å². The lowest BCUT2D eigenvalue weighted by Gasteiger charge is -2.32. The van der Waals surface area contributed by atoms with Gasteiger partial charge in [0, 0.05) is 44.6 Å². The second-order valence-corrected chi connectivity index (χ2v) is 7.14. The van der Waals surface area contributed by atoms with E-state index in [0.29, 0.717) is 6.04 Å². The minimum absolute atomic E-state index is 0.653. The van der Waals surface area contributed by atoms with Gasteiger partial charge in [-0.2, -0.15) is 0 Å². The van der Waals surface area contributed by atoms with E-state index in [4.69, 9.17) is 4.74 Å². The fourth-order valence-corrected chi connectivity index (χ4v) is 3.99. The Morgan fingerprint density at radius 2 is 1.88 bits per heavy atom. The van der Waals surface area contributed by atoms with Gasteiger partial charge in [-0.25, -0.2) is 4.98 Å². The molecule has 0 amide bonds. The standard InChI is InChI=1S/C20H28N4O/c1-2-5-18(6-3-1)15-24-10-8-21-20(24)17-23-9-4-7-19(23)16-22-11-13-25-14-12-22/h1-3,5-6,8,10,19H,4,7,9,11-17H2/t19-/m0/s1. The highest BCUT2D eigenvalue weighted by Crippen LogP contribution is 2.21. The van der Waals surface area contributed by atoms with Crippen LogP contribution in [0.15, 0.2) is 42.7 Å². The Balaban J connectivity index is 1.38. The zero-order valence-electron chi connectivity index (χ0n) is 14.9. The van der Waals surface area contributed by atoms with Gasteiger partial charge in [-0.1, -0.05) is 30.3 Å². The van der Waals surface area contributed by atoms with E-state index in [1.165, 1.54) is 37.3 Å². The van der Waals surface area contributed by atoms with E-state index in [-0.39, 0.29) is 0 Å². The van der Waals surface area contributed by atoms with E-state index in [2.05, 4.69) is 55.9 Å². The number of ether oxygens (including phenoxy) is 1. The van der Waals surface area contributed by atoms with Crippen molar-refractivity contribution in [2.24, 2.45) is 0 Å². The van der Waals surface area contributed by atoms with Gasteiger partial charge in [0.1, 0.15) is 5.82 Å². The average molecular weight is 340 g/mol. The molecule has 0 radical (unpaired) electrons. The number of aromatic nitrogens is 2. The smallest absolute Gasteiger partial charge is 0.123 e. The number of nitrogens with zero attached hydrogens (tertiary/aromatic N) is 4. The van der Waals surface area contributed by atoms with Crippen molar-refractivity contribution < 1.29 is 4.74 Å². The maximum atomic E-state index is 5.48. The number of hydrogen-bond donors (Lipinski definition) is 0. The maximum Gasteiger partial charge on any atom is 0.123 e. The van der Waals surface area contributed by atoms with Crippen LogP contribution in [0.1, 0.15) is 24.2 Å². The van der Waals surface area contributed by atoms with Crippen molar-refractivity contribution in [1.29, 1.82) is 0 Å². The van der Waals surface area contributed by atoms with Gasteiger partial charge in [0.15, 0.2) is 0 Å². The number of rotatable bonds is 6. The van der Waals surface area contributed by atoms with E-state index >= 15 is 0 Å². The van der Waals surface area contributed by atoms with E-state index in [9.17, 15) is 0 Å². The van der Waals surface area contributed by atoms with Gasteiger partial charge in [0.05, 0.1) is 19.8 Å².